The summed E-state index contributed by atoms with van der Waals surface area (Å²) in [6.45, 7) is 0.620. The number of rotatable bonds is 0. The molecule has 2 nitrogen and oxygen atoms in total. The molecular formula is C16H28O2. The van der Waals surface area contributed by atoms with Gasteiger partial charge in [-0.3, -0.25) is 4.79 Å². The third kappa shape index (κ3) is 9.26. The number of carbonyl (C=O) groups is 1. The van der Waals surface area contributed by atoms with E-state index in [2.05, 4.69) is 12.2 Å². The molecule has 2 heteroatoms. The highest BCUT2D eigenvalue weighted by atomic mass is 16.5. The van der Waals surface area contributed by atoms with Gasteiger partial charge >= 0.3 is 5.97 Å². The van der Waals surface area contributed by atoms with Crippen molar-refractivity contribution in [3.8, 4) is 0 Å². The largest absolute Gasteiger partial charge is 0.466 e. The van der Waals surface area contributed by atoms with Gasteiger partial charge in [0.1, 0.15) is 0 Å². The summed E-state index contributed by atoms with van der Waals surface area (Å²) in [7, 11) is 0. The summed E-state index contributed by atoms with van der Waals surface area (Å²) in [6, 6.07) is 0. The lowest BCUT2D eigenvalue weighted by atomic mass is 10.1. The zero-order chi connectivity index (χ0) is 12.9. The highest BCUT2D eigenvalue weighted by molar-refractivity contribution is 5.69. The molecule has 0 N–H and O–H groups in total. The summed E-state index contributed by atoms with van der Waals surface area (Å²) in [5, 5.41) is 0. The maximum atomic E-state index is 11.4. The minimum absolute atomic E-state index is 0.0206. The fraction of sp³-hybridized carbons (Fsp3) is 0.812. The minimum atomic E-state index is -0.0206. The van der Waals surface area contributed by atoms with Gasteiger partial charge in [0.2, 0.25) is 0 Å². The first-order valence-corrected chi connectivity index (χ1v) is 7.70. The van der Waals surface area contributed by atoms with Crippen LogP contribution in [0.3, 0.4) is 0 Å². The Hall–Kier alpha value is -0.790. The van der Waals surface area contributed by atoms with E-state index >= 15 is 0 Å². The van der Waals surface area contributed by atoms with Crippen LogP contribution in [0.1, 0.15) is 77.0 Å². The van der Waals surface area contributed by atoms with E-state index in [4.69, 9.17) is 4.74 Å². The Balaban J connectivity index is 2.18. The SMILES string of the molecule is O=C1CCCC=CCCCCCCCCCCO1. The third-order valence-corrected chi connectivity index (χ3v) is 3.45. The smallest absolute Gasteiger partial charge is 0.305 e. The number of ether oxygens (including phenoxy) is 1. The van der Waals surface area contributed by atoms with Crippen molar-refractivity contribution in [3.05, 3.63) is 12.2 Å². The van der Waals surface area contributed by atoms with Gasteiger partial charge in [-0.25, -0.2) is 0 Å². The Labute approximate surface area is 112 Å². The van der Waals surface area contributed by atoms with Crippen LogP contribution in [0.4, 0.5) is 0 Å². The van der Waals surface area contributed by atoms with E-state index in [-0.39, 0.29) is 5.97 Å². The second-order valence-corrected chi connectivity index (χ2v) is 5.20. The van der Waals surface area contributed by atoms with E-state index in [1.807, 2.05) is 0 Å². The molecule has 0 amide bonds. The van der Waals surface area contributed by atoms with Gasteiger partial charge in [-0.1, -0.05) is 50.7 Å². The van der Waals surface area contributed by atoms with Crippen LogP contribution in [0.5, 0.6) is 0 Å². The average Bonchev–Trinajstić information content (AvgIpc) is 2.37. The number of hydrogen-bond acceptors (Lipinski definition) is 2. The fourth-order valence-electron chi connectivity index (χ4n) is 2.28. The predicted octanol–water partition coefficient (Wildman–Crippen LogP) is 4.78. The minimum Gasteiger partial charge on any atom is -0.466 e. The maximum Gasteiger partial charge on any atom is 0.305 e. The Bertz CT molecular complexity index is 233. The lowest BCUT2D eigenvalue weighted by Crippen LogP contribution is -2.05. The molecule has 0 saturated heterocycles. The molecule has 104 valence electrons. The van der Waals surface area contributed by atoms with Crippen molar-refractivity contribution < 1.29 is 9.53 Å². The second kappa shape index (κ2) is 11.3. The molecule has 0 aromatic heterocycles. The fourth-order valence-corrected chi connectivity index (χ4v) is 2.28. The quantitative estimate of drug-likeness (QED) is 0.458. The highest BCUT2D eigenvalue weighted by Gasteiger charge is 2.01. The molecular weight excluding hydrogens is 224 g/mol. The van der Waals surface area contributed by atoms with E-state index in [0.717, 1.165) is 19.3 Å². The van der Waals surface area contributed by atoms with Gasteiger partial charge in [-0.15, -0.1) is 0 Å². The topological polar surface area (TPSA) is 26.3 Å². The zero-order valence-corrected chi connectivity index (χ0v) is 11.7. The van der Waals surface area contributed by atoms with Crippen molar-refractivity contribution in [3.63, 3.8) is 0 Å². The average molecular weight is 252 g/mol. The number of allylic oxidation sites excluding steroid dienone is 2. The molecule has 0 saturated carbocycles. The first-order valence-electron chi connectivity index (χ1n) is 7.70. The lowest BCUT2D eigenvalue weighted by molar-refractivity contribution is -0.143. The number of hydrogen-bond donors (Lipinski definition) is 0. The van der Waals surface area contributed by atoms with Gasteiger partial charge in [0.25, 0.3) is 0 Å². The molecule has 0 spiro atoms. The molecule has 1 heterocycles. The van der Waals surface area contributed by atoms with Crippen molar-refractivity contribution in [2.75, 3.05) is 6.61 Å². The first kappa shape index (κ1) is 15.3. The highest BCUT2D eigenvalue weighted by Crippen LogP contribution is 2.11. The van der Waals surface area contributed by atoms with E-state index in [1.54, 1.807) is 0 Å². The van der Waals surface area contributed by atoms with Crippen LogP contribution in [-0.2, 0) is 9.53 Å². The summed E-state index contributed by atoms with van der Waals surface area (Å²) in [6.07, 6.45) is 18.5. The van der Waals surface area contributed by atoms with Crippen LogP contribution in [0.25, 0.3) is 0 Å². The van der Waals surface area contributed by atoms with E-state index in [1.165, 1.54) is 51.4 Å². The third-order valence-electron chi connectivity index (χ3n) is 3.45. The number of cyclic esters (lactones) is 1. The molecule has 1 aliphatic heterocycles. The molecule has 0 atom stereocenters. The Morgan fingerprint density at radius 1 is 0.722 bits per heavy atom. The number of esters is 1. The summed E-state index contributed by atoms with van der Waals surface area (Å²) in [5.74, 6) is -0.0206. The van der Waals surface area contributed by atoms with Gasteiger partial charge in [0, 0.05) is 6.42 Å². The van der Waals surface area contributed by atoms with Crippen LogP contribution in [0.15, 0.2) is 12.2 Å². The summed E-state index contributed by atoms with van der Waals surface area (Å²) >= 11 is 0. The molecule has 1 aliphatic rings. The molecule has 0 radical (unpaired) electrons. The van der Waals surface area contributed by atoms with Crippen molar-refractivity contribution in [1.82, 2.24) is 0 Å². The molecule has 0 bridgehead atoms. The van der Waals surface area contributed by atoms with E-state index in [9.17, 15) is 4.79 Å². The van der Waals surface area contributed by atoms with Gasteiger partial charge < -0.3 is 4.74 Å². The second-order valence-electron chi connectivity index (χ2n) is 5.20. The summed E-state index contributed by atoms with van der Waals surface area (Å²) in [4.78, 5) is 11.4. The molecule has 18 heavy (non-hydrogen) atoms. The maximum absolute atomic E-state index is 11.4. The molecule has 0 aliphatic carbocycles. The van der Waals surface area contributed by atoms with Gasteiger partial charge in [0.15, 0.2) is 0 Å². The molecule has 0 fully saturated rings. The zero-order valence-electron chi connectivity index (χ0n) is 11.7. The normalized spacial score (nSPS) is 22.1. The van der Waals surface area contributed by atoms with E-state index < -0.39 is 0 Å². The standard InChI is InChI=1S/C16H28O2/c17-16-14-12-10-8-6-4-2-1-3-5-7-9-11-13-15-18-16/h6,8H,1-5,7,9-15H2. The van der Waals surface area contributed by atoms with Crippen LogP contribution in [0, 0.1) is 0 Å². The lowest BCUT2D eigenvalue weighted by Gasteiger charge is -2.04. The van der Waals surface area contributed by atoms with Crippen molar-refractivity contribution in [2.24, 2.45) is 0 Å². The molecule has 1 rings (SSSR count). The molecule has 0 aromatic rings. The van der Waals surface area contributed by atoms with Crippen LogP contribution >= 0.6 is 0 Å². The Morgan fingerprint density at radius 2 is 1.28 bits per heavy atom. The molecule has 0 aromatic carbocycles. The van der Waals surface area contributed by atoms with Crippen molar-refractivity contribution in [2.45, 2.75) is 77.0 Å². The number of carbonyl (C=O) groups excluding carboxylic acids is 1. The van der Waals surface area contributed by atoms with Crippen LogP contribution in [-0.4, -0.2) is 12.6 Å². The summed E-state index contributed by atoms with van der Waals surface area (Å²) in [5.41, 5.74) is 0. The summed E-state index contributed by atoms with van der Waals surface area (Å²) < 4.78 is 5.20. The van der Waals surface area contributed by atoms with Gasteiger partial charge in [0.05, 0.1) is 6.61 Å². The Kier molecular flexibility index (Phi) is 9.59. The predicted molar refractivity (Wildman–Crippen MR) is 75.5 cm³/mol. The first-order chi connectivity index (χ1) is 8.89. The van der Waals surface area contributed by atoms with Crippen molar-refractivity contribution >= 4 is 5.97 Å². The van der Waals surface area contributed by atoms with Crippen LogP contribution < -0.4 is 0 Å². The van der Waals surface area contributed by atoms with Crippen LogP contribution in [0.2, 0.25) is 0 Å². The van der Waals surface area contributed by atoms with Gasteiger partial charge in [-0.2, -0.15) is 0 Å². The van der Waals surface area contributed by atoms with E-state index in [0.29, 0.717) is 13.0 Å². The van der Waals surface area contributed by atoms with Gasteiger partial charge in [-0.05, 0) is 32.1 Å². The molecule has 0 unspecified atom stereocenters. The monoisotopic (exact) mass is 252 g/mol. The Morgan fingerprint density at radius 3 is 2.00 bits per heavy atom. The van der Waals surface area contributed by atoms with Crippen molar-refractivity contribution in [1.29, 1.82) is 0 Å².